The SMILES string of the molecule is CC(C)C(NC(=O)c1csc(CN)n1)c1nc(-c2cccnc2)no1. The zero-order valence-corrected chi connectivity index (χ0v) is 14.7. The largest absolute Gasteiger partial charge is 0.339 e. The molecular formula is C16H18N6O2S. The van der Waals surface area contributed by atoms with E-state index in [1.54, 1.807) is 23.8 Å². The molecule has 8 nitrogen and oxygen atoms in total. The molecule has 0 aromatic carbocycles. The van der Waals surface area contributed by atoms with Crippen molar-refractivity contribution in [3.8, 4) is 11.4 Å². The van der Waals surface area contributed by atoms with Crippen LogP contribution in [0.5, 0.6) is 0 Å². The third-order valence-corrected chi connectivity index (χ3v) is 4.41. The molecule has 0 aliphatic rings. The molecule has 3 N–H and O–H groups in total. The second kappa shape index (κ2) is 7.49. The number of rotatable bonds is 6. The van der Waals surface area contributed by atoms with Gasteiger partial charge in [0.25, 0.3) is 5.91 Å². The van der Waals surface area contributed by atoms with Crippen molar-refractivity contribution >= 4 is 17.2 Å². The maximum absolute atomic E-state index is 12.4. The van der Waals surface area contributed by atoms with E-state index in [9.17, 15) is 4.79 Å². The molecule has 3 heterocycles. The lowest BCUT2D eigenvalue weighted by molar-refractivity contribution is 0.0909. The Hall–Kier alpha value is -2.65. The number of nitrogens with zero attached hydrogens (tertiary/aromatic N) is 4. The van der Waals surface area contributed by atoms with Crippen LogP contribution in [0.25, 0.3) is 11.4 Å². The first-order valence-corrected chi connectivity index (χ1v) is 8.65. The summed E-state index contributed by atoms with van der Waals surface area (Å²) in [6.07, 6.45) is 3.33. The molecule has 0 radical (unpaired) electrons. The van der Waals surface area contributed by atoms with Crippen LogP contribution in [-0.4, -0.2) is 26.0 Å². The Morgan fingerprint density at radius 2 is 2.24 bits per heavy atom. The van der Waals surface area contributed by atoms with Gasteiger partial charge in [0.1, 0.15) is 16.7 Å². The molecule has 0 saturated heterocycles. The van der Waals surface area contributed by atoms with Crippen molar-refractivity contribution in [2.24, 2.45) is 11.7 Å². The van der Waals surface area contributed by atoms with Gasteiger partial charge in [-0.25, -0.2) is 4.98 Å². The van der Waals surface area contributed by atoms with Gasteiger partial charge in [-0.1, -0.05) is 19.0 Å². The number of nitrogens with one attached hydrogen (secondary N) is 1. The summed E-state index contributed by atoms with van der Waals surface area (Å²) in [4.78, 5) is 25.1. The van der Waals surface area contributed by atoms with Crippen LogP contribution in [0.1, 0.15) is 41.3 Å². The third kappa shape index (κ3) is 3.89. The fourth-order valence-electron chi connectivity index (χ4n) is 2.21. The molecule has 1 atom stereocenters. The van der Waals surface area contributed by atoms with E-state index in [0.717, 1.165) is 5.56 Å². The molecule has 3 rings (SSSR count). The van der Waals surface area contributed by atoms with Gasteiger partial charge in [-0.15, -0.1) is 11.3 Å². The average Bonchev–Trinajstić information content (AvgIpc) is 3.29. The van der Waals surface area contributed by atoms with Crippen molar-refractivity contribution < 1.29 is 9.32 Å². The first kappa shape index (κ1) is 17.2. The highest BCUT2D eigenvalue weighted by molar-refractivity contribution is 7.09. The number of carbonyl (C=O) groups excluding carboxylic acids is 1. The lowest BCUT2D eigenvalue weighted by Gasteiger charge is -2.17. The topological polar surface area (TPSA) is 120 Å². The van der Waals surface area contributed by atoms with Crippen molar-refractivity contribution in [3.63, 3.8) is 0 Å². The Balaban J connectivity index is 1.79. The van der Waals surface area contributed by atoms with Crippen molar-refractivity contribution in [1.29, 1.82) is 0 Å². The number of hydrogen-bond acceptors (Lipinski definition) is 8. The average molecular weight is 358 g/mol. The maximum Gasteiger partial charge on any atom is 0.271 e. The highest BCUT2D eigenvalue weighted by Crippen LogP contribution is 2.23. The van der Waals surface area contributed by atoms with Crippen LogP contribution in [0.4, 0.5) is 0 Å². The van der Waals surface area contributed by atoms with Crippen LogP contribution >= 0.6 is 11.3 Å². The summed E-state index contributed by atoms with van der Waals surface area (Å²) >= 11 is 1.36. The molecule has 130 valence electrons. The van der Waals surface area contributed by atoms with Gasteiger partial charge in [-0.2, -0.15) is 4.98 Å². The van der Waals surface area contributed by atoms with E-state index in [0.29, 0.717) is 29.0 Å². The Bertz CT molecular complexity index is 845. The van der Waals surface area contributed by atoms with E-state index in [2.05, 4.69) is 25.4 Å². The summed E-state index contributed by atoms with van der Waals surface area (Å²) < 4.78 is 5.36. The Labute approximate surface area is 148 Å². The minimum atomic E-state index is -0.423. The zero-order valence-electron chi connectivity index (χ0n) is 13.8. The predicted molar refractivity (Wildman–Crippen MR) is 92.6 cm³/mol. The number of nitrogens with two attached hydrogens (primary N) is 1. The normalized spacial score (nSPS) is 12.3. The van der Waals surface area contributed by atoms with E-state index in [1.807, 2.05) is 19.9 Å². The quantitative estimate of drug-likeness (QED) is 0.693. The van der Waals surface area contributed by atoms with E-state index in [1.165, 1.54) is 11.3 Å². The third-order valence-electron chi connectivity index (χ3n) is 3.54. The van der Waals surface area contributed by atoms with Gasteiger partial charge in [0.15, 0.2) is 0 Å². The van der Waals surface area contributed by atoms with Gasteiger partial charge in [-0.05, 0) is 18.1 Å². The van der Waals surface area contributed by atoms with Crippen molar-refractivity contribution in [3.05, 3.63) is 46.5 Å². The zero-order chi connectivity index (χ0) is 17.8. The smallest absolute Gasteiger partial charge is 0.271 e. The van der Waals surface area contributed by atoms with E-state index >= 15 is 0 Å². The lowest BCUT2D eigenvalue weighted by Crippen LogP contribution is -2.32. The fraction of sp³-hybridized carbons (Fsp3) is 0.312. The fourth-order valence-corrected chi connectivity index (χ4v) is 2.87. The van der Waals surface area contributed by atoms with Gasteiger partial charge in [-0.3, -0.25) is 9.78 Å². The minimum Gasteiger partial charge on any atom is -0.339 e. The first-order valence-electron chi connectivity index (χ1n) is 7.77. The molecule has 3 aromatic heterocycles. The Morgan fingerprint density at radius 1 is 1.40 bits per heavy atom. The summed E-state index contributed by atoms with van der Waals surface area (Å²) in [6, 6.07) is 3.21. The lowest BCUT2D eigenvalue weighted by atomic mass is 10.0. The predicted octanol–water partition coefficient (Wildman–Crippen LogP) is 2.17. The highest BCUT2D eigenvalue weighted by atomic mass is 32.1. The number of thiazole rings is 1. The van der Waals surface area contributed by atoms with Crippen LogP contribution in [0.3, 0.4) is 0 Å². The van der Waals surface area contributed by atoms with Gasteiger partial charge in [0.05, 0.1) is 0 Å². The van der Waals surface area contributed by atoms with Gasteiger partial charge < -0.3 is 15.6 Å². The summed E-state index contributed by atoms with van der Waals surface area (Å²) in [5.41, 5.74) is 6.62. The van der Waals surface area contributed by atoms with Crippen molar-refractivity contribution in [1.82, 2.24) is 25.4 Å². The monoisotopic (exact) mass is 358 g/mol. The van der Waals surface area contributed by atoms with Gasteiger partial charge >= 0.3 is 0 Å². The molecule has 25 heavy (non-hydrogen) atoms. The molecule has 0 bridgehead atoms. The summed E-state index contributed by atoms with van der Waals surface area (Å²) in [6.45, 7) is 4.24. The minimum absolute atomic E-state index is 0.0544. The molecule has 9 heteroatoms. The van der Waals surface area contributed by atoms with E-state index in [-0.39, 0.29) is 11.8 Å². The van der Waals surface area contributed by atoms with Crippen molar-refractivity contribution in [2.75, 3.05) is 0 Å². The van der Waals surface area contributed by atoms with Crippen LogP contribution in [0, 0.1) is 5.92 Å². The molecular weight excluding hydrogens is 340 g/mol. The molecule has 0 spiro atoms. The van der Waals surface area contributed by atoms with Gasteiger partial charge in [0.2, 0.25) is 11.7 Å². The number of amides is 1. The highest BCUT2D eigenvalue weighted by Gasteiger charge is 2.26. The Kier molecular flexibility index (Phi) is 5.15. The van der Waals surface area contributed by atoms with Crippen LogP contribution in [0.15, 0.2) is 34.4 Å². The number of aromatic nitrogens is 4. The Morgan fingerprint density at radius 3 is 2.88 bits per heavy atom. The molecule has 0 aliphatic heterocycles. The molecule has 1 unspecified atom stereocenters. The summed E-state index contributed by atoms with van der Waals surface area (Å²) in [5, 5.41) is 9.28. The second-order valence-corrected chi connectivity index (χ2v) is 6.67. The standard InChI is InChI=1S/C16H18N6O2S/c1-9(2)13(20-15(23)11-8-25-12(6-17)19-11)16-21-14(22-24-16)10-4-3-5-18-7-10/h3-5,7-9,13H,6,17H2,1-2H3,(H,20,23). The summed E-state index contributed by atoms with van der Waals surface area (Å²) in [7, 11) is 0. The number of hydrogen-bond donors (Lipinski definition) is 2. The summed E-state index contributed by atoms with van der Waals surface area (Å²) in [5.74, 6) is 0.535. The van der Waals surface area contributed by atoms with Gasteiger partial charge in [0, 0.05) is 29.9 Å². The van der Waals surface area contributed by atoms with E-state index in [4.69, 9.17) is 10.3 Å². The maximum atomic E-state index is 12.4. The molecule has 0 saturated carbocycles. The molecule has 0 fully saturated rings. The van der Waals surface area contributed by atoms with Crippen molar-refractivity contribution in [2.45, 2.75) is 26.4 Å². The molecule has 1 amide bonds. The van der Waals surface area contributed by atoms with Crippen LogP contribution in [0.2, 0.25) is 0 Å². The van der Waals surface area contributed by atoms with E-state index < -0.39 is 6.04 Å². The second-order valence-electron chi connectivity index (χ2n) is 5.72. The number of pyridine rings is 1. The number of carbonyl (C=O) groups is 1. The molecule has 0 aliphatic carbocycles. The first-order chi connectivity index (χ1) is 12.1. The molecule has 3 aromatic rings. The van der Waals surface area contributed by atoms with Crippen LogP contribution in [-0.2, 0) is 6.54 Å². The van der Waals surface area contributed by atoms with Crippen LogP contribution < -0.4 is 11.1 Å².